The topological polar surface area (TPSA) is 50.7 Å². The van der Waals surface area contributed by atoms with Gasteiger partial charge in [0, 0.05) is 12.6 Å². The molecule has 0 saturated heterocycles. The van der Waals surface area contributed by atoms with E-state index < -0.39 is 0 Å². The van der Waals surface area contributed by atoms with Crippen molar-refractivity contribution < 1.29 is 14.6 Å². The fraction of sp³-hybridized carbons (Fsp3) is 0.625. The molecular formula is C16H27NO3. The molecule has 20 heavy (non-hydrogen) atoms. The number of methoxy groups -OCH3 is 2. The first-order valence-corrected chi connectivity index (χ1v) is 7.15. The van der Waals surface area contributed by atoms with Crippen LogP contribution in [0.3, 0.4) is 0 Å². The molecule has 0 spiro atoms. The molecule has 2 unspecified atom stereocenters. The van der Waals surface area contributed by atoms with Crippen LogP contribution in [0.1, 0.15) is 25.8 Å². The van der Waals surface area contributed by atoms with Crippen molar-refractivity contribution in [3.05, 3.63) is 23.8 Å². The second-order valence-corrected chi connectivity index (χ2v) is 5.32. The van der Waals surface area contributed by atoms with Gasteiger partial charge in [0.25, 0.3) is 0 Å². The molecule has 0 saturated carbocycles. The van der Waals surface area contributed by atoms with Gasteiger partial charge in [-0.25, -0.2) is 0 Å². The van der Waals surface area contributed by atoms with Crippen LogP contribution in [-0.2, 0) is 6.42 Å². The molecule has 1 aromatic rings. The predicted octanol–water partition coefficient (Wildman–Crippen LogP) is 2.24. The van der Waals surface area contributed by atoms with Crippen LogP contribution in [0.4, 0.5) is 0 Å². The van der Waals surface area contributed by atoms with Crippen molar-refractivity contribution >= 4 is 0 Å². The van der Waals surface area contributed by atoms with Crippen molar-refractivity contribution in [1.82, 2.24) is 5.32 Å². The predicted molar refractivity (Wildman–Crippen MR) is 81.6 cm³/mol. The van der Waals surface area contributed by atoms with Crippen LogP contribution in [0, 0.1) is 5.92 Å². The van der Waals surface area contributed by atoms with E-state index in [1.165, 1.54) is 5.56 Å². The normalized spacial score (nSPS) is 13.8. The minimum absolute atomic E-state index is 0.257. The molecule has 0 aliphatic carbocycles. The lowest BCUT2D eigenvalue weighted by Crippen LogP contribution is -2.32. The van der Waals surface area contributed by atoms with E-state index in [4.69, 9.17) is 14.6 Å². The summed E-state index contributed by atoms with van der Waals surface area (Å²) in [4.78, 5) is 0. The average Bonchev–Trinajstić information content (AvgIpc) is 2.45. The third kappa shape index (κ3) is 5.39. The lowest BCUT2D eigenvalue weighted by Gasteiger charge is -2.18. The average molecular weight is 281 g/mol. The first-order valence-electron chi connectivity index (χ1n) is 7.15. The van der Waals surface area contributed by atoms with Crippen LogP contribution in [0.2, 0.25) is 0 Å². The Kier molecular flexibility index (Phi) is 7.41. The van der Waals surface area contributed by atoms with Gasteiger partial charge in [0.1, 0.15) is 0 Å². The second kappa shape index (κ2) is 8.82. The van der Waals surface area contributed by atoms with E-state index >= 15 is 0 Å². The van der Waals surface area contributed by atoms with Gasteiger partial charge < -0.3 is 19.9 Å². The Balaban J connectivity index is 2.51. The Morgan fingerprint density at radius 1 is 1.15 bits per heavy atom. The molecule has 0 aliphatic rings. The quantitative estimate of drug-likeness (QED) is 0.729. The van der Waals surface area contributed by atoms with E-state index in [0.717, 1.165) is 30.9 Å². The summed E-state index contributed by atoms with van der Waals surface area (Å²) < 4.78 is 10.6. The van der Waals surface area contributed by atoms with Gasteiger partial charge >= 0.3 is 0 Å². The van der Waals surface area contributed by atoms with E-state index in [2.05, 4.69) is 25.2 Å². The Bertz CT molecular complexity index is 395. The second-order valence-electron chi connectivity index (χ2n) is 5.32. The minimum Gasteiger partial charge on any atom is -0.493 e. The molecule has 0 heterocycles. The van der Waals surface area contributed by atoms with Crippen LogP contribution in [0.15, 0.2) is 18.2 Å². The monoisotopic (exact) mass is 281 g/mol. The highest BCUT2D eigenvalue weighted by atomic mass is 16.5. The Labute approximate surface area is 122 Å². The smallest absolute Gasteiger partial charge is 0.160 e. The number of aliphatic hydroxyl groups is 1. The first-order chi connectivity index (χ1) is 9.60. The van der Waals surface area contributed by atoms with Crippen LogP contribution in [0.25, 0.3) is 0 Å². The van der Waals surface area contributed by atoms with Crippen LogP contribution in [-0.4, -0.2) is 38.5 Å². The highest BCUT2D eigenvalue weighted by Crippen LogP contribution is 2.27. The van der Waals surface area contributed by atoms with Gasteiger partial charge in [-0.05, 0) is 49.9 Å². The van der Waals surface area contributed by atoms with Crippen molar-refractivity contribution in [3.63, 3.8) is 0 Å². The summed E-state index contributed by atoms with van der Waals surface area (Å²) in [6.45, 7) is 5.50. The fourth-order valence-electron chi connectivity index (χ4n) is 2.16. The Morgan fingerprint density at radius 2 is 1.85 bits per heavy atom. The zero-order chi connectivity index (χ0) is 15.0. The van der Waals surface area contributed by atoms with Gasteiger partial charge in [0.05, 0.1) is 14.2 Å². The lowest BCUT2D eigenvalue weighted by atomic mass is 10.0. The summed E-state index contributed by atoms with van der Waals surface area (Å²) in [7, 11) is 3.30. The molecule has 114 valence electrons. The van der Waals surface area contributed by atoms with Crippen LogP contribution >= 0.6 is 0 Å². The van der Waals surface area contributed by atoms with E-state index in [0.29, 0.717) is 12.0 Å². The summed E-state index contributed by atoms with van der Waals surface area (Å²) in [5.41, 5.74) is 1.22. The van der Waals surface area contributed by atoms with Crippen molar-refractivity contribution in [2.45, 2.75) is 32.7 Å². The van der Waals surface area contributed by atoms with Crippen molar-refractivity contribution in [2.75, 3.05) is 27.4 Å². The number of nitrogens with one attached hydrogen (secondary N) is 1. The molecule has 1 rings (SSSR count). The highest BCUT2D eigenvalue weighted by Gasteiger charge is 2.09. The van der Waals surface area contributed by atoms with E-state index in [1.54, 1.807) is 14.2 Å². The SMILES string of the molecule is COc1ccc(CC(C)NCC(C)CCO)cc1OC. The lowest BCUT2D eigenvalue weighted by molar-refractivity contribution is 0.258. The largest absolute Gasteiger partial charge is 0.493 e. The van der Waals surface area contributed by atoms with Crippen molar-refractivity contribution in [2.24, 2.45) is 5.92 Å². The van der Waals surface area contributed by atoms with Gasteiger partial charge in [-0.15, -0.1) is 0 Å². The van der Waals surface area contributed by atoms with Gasteiger partial charge in [-0.3, -0.25) is 0 Å². The molecule has 2 N–H and O–H groups in total. The molecule has 0 amide bonds. The fourth-order valence-corrected chi connectivity index (χ4v) is 2.16. The summed E-state index contributed by atoms with van der Waals surface area (Å²) in [6, 6.07) is 6.41. The summed E-state index contributed by atoms with van der Waals surface area (Å²) >= 11 is 0. The van der Waals surface area contributed by atoms with E-state index in [1.807, 2.05) is 12.1 Å². The maximum absolute atomic E-state index is 8.89. The van der Waals surface area contributed by atoms with Crippen LogP contribution < -0.4 is 14.8 Å². The summed E-state index contributed by atoms with van der Waals surface area (Å²) in [6.07, 6.45) is 1.78. The minimum atomic E-state index is 0.257. The molecule has 4 heteroatoms. The third-order valence-corrected chi connectivity index (χ3v) is 3.43. The molecular weight excluding hydrogens is 254 g/mol. The van der Waals surface area contributed by atoms with Gasteiger partial charge in [0.15, 0.2) is 11.5 Å². The van der Waals surface area contributed by atoms with Crippen molar-refractivity contribution in [3.8, 4) is 11.5 Å². The molecule has 0 fully saturated rings. The number of hydrogen-bond acceptors (Lipinski definition) is 4. The molecule has 0 aliphatic heterocycles. The third-order valence-electron chi connectivity index (χ3n) is 3.43. The molecule has 2 atom stereocenters. The summed E-state index contributed by atoms with van der Waals surface area (Å²) in [5.74, 6) is 2.02. The molecule has 0 radical (unpaired) electrons. The van der Waals surface area contributed by atoms with E-state index in [-0.39, 0.29) is 6.61 Å². The maximum Gasteiger partial charge on any atom is 0.160 e. The van der Waals surface area contributed by atoms with E-state index in [9.17, 15) is 0 Å². The zero-order valence-corrected chi connectivity index (χ0v) is 13.0. The maximum atomic E-state index is 8.89. The van der Waals surface area contributed by atoms with Crippen molar-refractivity contribution in [1.29, 1.82) is 0 Å². The van der Waals surface area contributed by atoms with Crippen LogP contribution in [0.5, 0.6) is 11.5 Å². The molecule has 0 aromatic heterocycles. The van der Waals surface area contributed by atoms with Gasteiger partial charge in [-0.1, -0.05) is 13.0 Å². The first kappa shape index (κ1) is 16.8. The zero-order valence-electron chi connectivity index (χ0n) is 13.0. The number of ether oxygens (including phenoxy) is 2. The van der Waals surface area contributed by atoms with Gasteiger partial charge in [-0.2, -0.15) is 0 Å². The standard InChI is InChI=1S/C16H27NO3/c1-12(7-8-18)11-17-13(2)9-14-5-6-15(19-3)16(10-14)20-4/h5-6,10,12-13,17-18H,7-9,11H2,1-4H3. The number of aliphatic hydroxyl groups excluding tert-OH is 1. The highest BCUT2D eigenvalue weighted by molar-refractivity contribution is 5.43. The number of rotatable bonds is 9. The Hall–Kier alpha value is -1.26. The summed E-state index contributed by atoms with van der Waals surface area (Å²) in [5, 5.41) is 12.4. The number of hydrogen-bond donors (Lipinski definition) is 2. The molecule has 1 aromatic carbocycles. The molecule has 4 nitrogen and oxygen atoms in total. The Morgan fingerprint density at radius 3 is 2.45 bits per heavy atom. The molecule has 0 bridgehead atoms. The van der Waals surface area contributed by atoms with Gasteiger partial charge in [0.2, 0.25) is 0 Å². The number of benzene rings is 1.